The number of H-pyrrole nitrogens is 1. The predicted octanol–water partition coefficient (Wildman–Crippen LogP) is 3.92. The maximum absolute atomic E-state index is 13.1. The first-order chi connectivity index (χ1) is 7.25. The van der Waals surface area contributed by atoms with Gasteiger partial charge in [0.2, 0.25) is 0 Å². The van der Waals surface area contributed by atoms with Crippen molar-refractivity contribution in [2.75, 3.05) is 0 Å². The van der Waals surface area contributed by atoms with Crippen molar-refractivity contribution in [1.29, 1.82) is 0 Å². The van der Waals surface area contributed by atoms with Gasteiger partial charge in [-0.3, -0.25) is 0 Å². The number of fused-ring (bicyclic) bond motifs is 3. The van der Waals surface area contributed by atoms with E-state index >= 15 is 0 Å². The molecule has 1 atom stereocenters. The molecule has 1 aliphatic rings. The summed E-state index contributed by atoms with van der Waals surface area (Å²) < 4.78 is 13.1. The zero-order valence-electron chi connectivity index (χ0n) is 8.19. The Morgan fingerprint density at radius 3 is 3.13 bits per heavy atom. The second kappa shape index (κ2) is 3.24. The van der Waals surface area contributed by atoms with Crippen LogP contribution in [0.1, 0.15) is 29.5 Å². The zero-order valence-corrected chi connectivity index (χ0v) is 8.94. The summed E-state index contributed by atoms with van der Waals surface area (Å²) in [6.07, 6.45) is 3.09. The molecule has 1 aromatic carbocycles. The summed E-state index contributed by atoms with van der Waals surface area (Å²) in [5, 5.41) is 1.06. The Labute approximate surface area is 92.2 Å². The van der Waals surface area contributed by atoms with Gasteiger partial charge in [-0.05, 0) is 43.0 Å². The Kier molecular flexibility index (Phi) is 1.99. The number of aromatic amines is 1. The molecule has 1 nitrogen and oxygen atoms in total. The minimum Gasteiger partial charge on any atom is -0.357 e. The first-order valence-electron chi connectivity index (χ1n) is 5.20. The number of hydrogen-bond donors (Lipinski definition) is 1. The van der Waals surface area contributed by atoms with Crippen LogP contribution in [-0.2, 0) is 6.42 Å². The highest BCUT2D eigenvalue weighted by molar-refractivity contribution is 6.21. The van der Waals surface area contributed by atoms with E-state index in [-0.39, 0.29) is 11.2 Å². The van der Waals surface area contributed by atoms with Gasteiger partial charge in [0.25, 0.3) is 0 Å². The smallest absolute Gasteiger partial charge is 0.123 e. The molecule has 1 unspecified atom stereocenters. The predicted molar refractivity (Wildman–Crippen MR) is 59.8 cm³/mol. The van der Waals surface area contributed by atoms with Gasteiger partial charge in [-0.2, -0.15) is 0 Å². The third kappa shape index (κ3) is 1.36. The lowest BCUT2D eigenvalue weighted by molar-refractivity contribution is 0.629. The molecule has 15 heavy (non-hydrogen) atoms. The summed E-state index contributed by atoms with van der Waals surface area (Å²) in [7, 11) is 0. The lowest BCUT2D eigenvalue weighted by Gasteiger charge is -2.16. The van der Waals surface area contributed by atoms with Gasteiger partial charge in [-0.1, -0.05) is 0 Å². The largest absolute Gasteiger partial charge is 0.357 e. The minimum atomic E-state index is -0.180. The Balaban J connectivity index is 2.31. The number of benzene rings is 1. The van der Waals surface area contributed by atoms with Crippen molar-refractivity contribution in [2.24, 2.45) is 0 Å². The van der Waals surface area contributed by atoms with E-state index in [9.17, 15) is 4.39 Å². The van der Waals surface area contributed by atoms with Crippen molar-refractivity contribution in [1.82, 2.24) is 4.98 Å². The number of halogens is 2. The minimum absolute atomic E-state index is 0.0595. The van der Waals surface area contributed by atoms with Crippen LogP contribution < -0.4 is 0 Å². The number of aromatic nitrogens is 1. The molecule has 0 spiro atoms. The average Bonchev–Trinajstić information content (AvgIpc) is 2.58. The molecule has 3 rings (SSSR count). The van der Waals surface area contributed by atoms with Gasteiger partial charge in [-0.25, -0.2) is 4.39 Å². The topological polar surface area (TPSA) is 15.8 Å². The maximum Gasteiger partial charge on any atom is 0.123 e. The molecule has 0 saturated heterocycles. The van der Waals surface area contributed by atoms with E-state index in [1.807, 2.05) is 0 Å². The van der Waals surface area contributed by atoms with Gasteiger partial charge in [-0.15, -0.1) is 11.6 Å². The van der Waals surface area contributed by atoms with Crippen molar-refractivity contribution in [3.8, 4) is 0 Å². The van der Waals surface area contributed by atoms with E-state index in [1.165, 1.54) is 11.6 Å². The summed E-state index contributed by atoms with van der Waals surface area (Å²) in [6, 6.07) is 4.86. The van der Waals surface area contributed by atoms with Crippen molar-refractivity contribution in [3.63, 3.8) is 0 Å². The quantitative estimate of drug-likeness (QED) is 0.652. The Morgan fingerprint density at radius 1 is 1.40 bits per heavy atom. The van der Waals surface area contributed by atoms with E-state index in [4.69, 9.17) is 11.6 Å². The molecule has 1 aromatic heterocycles. The van der Waals surface area contributed by atoms with Crippen molar-refractivity contribution < 1.29 is 4.39 Å². The fourth-order valence-corrected chi connectivity index (χ4v) is 2.72. The Morgan fingerprint density at radius 2 is 2.27 bits per heavy atom. The zero-order chi connectivity index (χ0) is 10.4. The molecule has 2 aromatic rings. The third-order valence-corrected chi connectivity index (χ3v) is 3.54. The van der Waals surface area contributed by atoms with E-state index in [0.717, 1.165) is 35.9 Å². The van der Waals surface area contributed by atoms with E-state index in [1.54, 1.807) is 12.1 Å². The molecular formula is C12H11ClFN. The summed E-state index contributed by atoms with van der Waals surface area (Å²) >= 11 is 6.23. The van der Waals surface area contributed by atoms with Gasteiger partial charge in [0, 0.05) is 16.6 Å². The van der Waals surface area contributed by atoms with Gasteiger partial charge in [0.05, 0.1) is 5.38 Å². The fourth-order valence-electron chi connectivity index (χ4n) is 2.38. The molecular weight excluding hydrogens is 213 g/mol. The molecule has 1 N–H and O–H groups in total. The highest BCUT2D eigenvalue weighted by Gasteiger charge is 2.22. The molecule has 0 saturated carbocycles. The number of alkyl halides is 1. The SMILES string of the molecule is Fc1ccc2[nH]c3c(c2c1)CCCC3Cl. The molecule has 1 heterocycles. The molecule has 78 valence electrons. The standard InChI is InChI=1S/C12H11ClFN/c13-10-3-1-2-8-9-6-7(14)4-5-11(9)15-12(8)10/h4-6,10,15H,1-3H2. The molecule has 0 bridgehead atoms. The summed E-state index contributed by atoms with van der Waals surface area (Å²) in [5.74, 6) is -0.180. The van der Waals surface area contributed by atoms with Crippen molar-refractivity contribution in [2.45, 2.75) is 24.6 Å². The molecule has 0 aliphatic heterocycles. The number of hydrogen-bond acceptors (Lipinski definition) is 0. The molecule has 3 heteroatoms. The second-order valence-corrected chi connectivity index (χ2v) is 4.59. The van der Waals surface area contributed by atoms with E-state index < -0.39 is 0 Å². The number of aryl methyl sites for hydroxylation is 1. The highest BCUT2D eigenvalue weighted by Crippen LogP contribution is 2.38. The Hall–Kier alpha value is -1.02. The first kappa shape index (κ1) is 9.22. The average molecular weight is 224 g/mol. The summed E-state index contributed by atoms with van der Waals surface area (Å²) in [6.45, 7) is 0. The van der Waals surface area contributed by atoms with Crippen molar-refractivity contribution >= 4 is 22.5 Å². The van der Waals surface area contributed by atoms with Gasteiger partial charge < -0.3 is 4.98 Å². The molecule has 0 amide bonds. The van der Waals surface area contributed by atoms with Crippen molar-refractivity contribution in [3.05, 3.63) is 35.3 Å². The highest BCUT2D eigenvalue weighted by atomic mass is 35.5. The number of rotatable bonds is 0. The van der Waals surface area contributed by atoms with Crippen LogP contribution in [0, 0.1) is 5.82 Å². The first-order valence-corrected chi connectivity index (χ1v) is 5.63. The normalized spacial score (nSPS) is 20.5. The van der Waals surface area contributed by atoms with Crippen LogP contribution in [0.15, 0.2) is 18.2 Å². The molecule has 0 radical (unpaired) electrons. The van der Waals surface area contributed by atoms with Gasteiger partial charge >= 0.3 is 0 Å². The van der Waals surface area contributed by atoms with Crippen LogP contribution >= 0.6 is 11.6 Å². The second-order valence-electron chi connectivity index (χ2n) is 4.07. The molecule has 0 fully saturated rings. The third-order valence-electron chi connectivity index (χ3n) is 3.10. The number of nitrogens with one attached hydrogen (secondary N) is 1. The van der Waals surface area contributed by atoms with E-state index in [0.29, 0.717) is 0 Å². The van der Waals surface area contributed by atoms with Crippen LogP contribution in [0.5, 0.6) is 0 Å². The lowest BCUT2D eigenvalue weighted by Crippen LogP contribution is -2.03. The van der Waals surface area contributed by atoms with Crippen LogP contribution in [0.25, 0.3) is 10.9 Å². The van der Waals surface area contributed by atoms with Gasteiger partial charge in [0.15, 0.2) is 0 Å². The Bertz CT molecular complexity index is 518. The maximum atomic E-state index is 13.1. The van der Waals surface area contributed by atoms with Crippen LogP contribution in [0.3, 0.4) is 0 Å². The van der Waals surface area contributed by atoms with Crippen LogP contribution in [0.4, 0.5) is 4.39 Å². The van der Waals surface area contributed by atoms with Crippen LogP contribution in [0.2, 0.25) is 0 Å². The fraction of sp³-hybridized carbons (Fsp3) is 0.333. The lowest BCUT2D eigenvalue weighted by atomic mass is 9.95. The van der Waals surface area contributed by atoms with Crippen LogP contribution in [-0.4, -0.2) is 4.98 Å². The van der Waals surface area contributed by atoms with E-state index in [2.05, 4.69) is 4.98 Å². The summed E-state index contributed by atoms with van der Waals surface area (Å²) in [4.78, 5) is 3.29. The van der Waals surface area contributed by atoms with Gasteiger partial charge in [0.1, 0.15) is 5.82 Å². The summed E-state index contributed by atoms with van der Waals surface area (Å²) in [5.41, 5.74) is 3.29. The molecule has 1 aliphatic carbocycles. The monoisotopic (exact) mass is 223 g/mol.